The molecule has 192 valence electrons. The predicted molar refractivity (Wildman–Crippen MR) is 147 cm³/mol. The fourth-order valence-electron chi connectivity index (χ4n) is 4.44. The third kappa shape index (κ3) is 6.36. The Hall–Kier alpha value is -3.10. The first kappa shape index (κ1) is 26.0. The number of carbonyl (C=O) groups is 1. The standard InChI is InChI=1S/C28H36N4O3S/c1-28(2,3)26-24(18-20-10-12-21(34-4)13-11-20)36-27(30-26)29-25(33)19-31-14-16-32(17-15-31)22-8-6-7-9-23(22)35-5/h6-13H,14-19H2,1-5H3,(H,29,30,33). The van der Waals surface area contributed by atoms with Gasteiger partial charge in [0.05, 0.1) is 32.1 Å². The Morgan fingerprint density at radius 3 is 2.33 bits per heavy atom. The zero-order valence-electron chi connectivity index (χ0n) is 21.8. The van der Waals surface area contributed by atoms with E-state index in [4.69, 9.17) is 14.5 Å². The summed E-state index contributed by atoms with van der Waals surface area (Å²) in [6.45, 7) is 10.2. The fraction of sp³-hybridized carbons (Fsp3) is 0.429. The molecule has 8 heteroatoms. The number of benzene rings is 2. The summed E-state index contributed by atoms with van der Waals surface area (Å²) < 4.78 is 10.8. The van der Waals surface area contributed by atoms with Crippen LogP contribution >= 0.6 is 11.3 Å². The molecule has 1 fully saturated rings. The highest BCUT2D eigenvalue weighted by atomic mass is 32.1. The molecule has 1 N–H and O–H groups in total. The minimum Gasteiger partial charge on any atom is -0.497 e. The van der Waals surface area contributed by atoms with E-state index in [2.05, 4.69) is 54.1 Å². The molecule has 0 unspecified atom stereocenters. The van der Waals surface area contributed by atoms with E-state index < -0.39 is 0 Å². The zero-order chi connectivity index (χ0) is 25.7. The van der Waals surface area contributed by atoms with E-state index in [-0.39, 0.29) is 11.3 Å². The second-order valence-electron chi connectivity index (χ2n) is 10.0. The molecule has 1 aromatic heterocycles. The van der Waals surface area contributed by atoms with Gasteiger partial charge in [0.15, 0.2) is 5.13 Å². The van der Waals surface area contributed by atoms with Crippen molar-refractivity contribution in [3.63, 3.8) is 0 Å². The van der Waals surface area contributed by atoms with Crippen molar-refractivity contribution < 1.29 is 14.3 Å². The predicted octanol–water partition coefficient (Wildman–Crippen LogP) is 4.81. The van der Waals surface area contributed by atoms with Crippen LogP contribution in [0.15, 0.2) is 48.5 Å². The summed E-state index contributed by atoms with van der Waals surface area (Å²) in [5.74, 6) is 1.70. The molecule has 0 saturated carbocycles. The van der Waals surface area contributed by atoms with Gasteiger partial charge in [0.2, 0.25) is 5.91 Å². The maximum absolute atomic E-state index is 12.9. The Morgan fingerprint density at radius 2 is 1.69 bits per heavy atom. The average molecular weight is 509 g/mol. The highest BCUT2D eigenvalue weighted by Gasteiger charge is 2.25. The van der Waals surface area contributed by atoms with Gasteiger partial charge >= 0.3 is 0 Å². The minimum atomic E-state index is -0.115. The molecule has 0 aliphatic carbocycles. The third-order valence-electron chi connectivity index (χ3n) is 6.34. The number of hydrogen-bond acceptors (Lipinski definition) is 7. The largest absolute Gasteiger partial charge is 0.497 e. The molecule has 1 amide bonds. The molecular formula is C28H36N4O3S. The van der Waals surface area contributed by atoms with Gasteiger partial charge in [-0.3, -0.25) is 9.69 Å². The number of anilines is 2. The first-order valence-corrected chi connectivity index (χ1v) is 13.1. The van der Waals surface area contributed by atoms with Crippen molar-refractivity contribution in [1.82, 2.24) is 9.88 Å². The summed E-state index contributed by atoms with van der Waals surface area (Å²) in [7, 11) is 3.37. The maximum atomic E-state index is 12.9. The van der Waals surface area contributed by atoms with Crippen LogP contribution in [-0.2, 0) is 16.6 Å². The Balaban J connectivity index is 1.36. The Labute approximate surface area is 218 Å². The second-order valence-corrected chi connectivity index (χ2v) is 11.1. The number of piperazine rings is 1. The second kappa shape index (κ2) is 11.3. The number of amides is 1. The van der Waals surface area contributed by atoms with Crippen LogP contribution in [0.3, 0.4) is 0 Å². The first-order valence-electron chi connectivity index (χ1n) is 12.3. The number of thiazole rings is 1. The number of aromatic nitrogens is 1. The van der Waals surface area contributed by atoms with Crippen molar-refractivity contribution in [3.05, 3.63) is 64.7 Å². The lowest BCUT2D eigenvalue weighted by molar-refractivity contribution is -0.117. The smallest absolute Gasteiger partial charge is 0.240 e. The SMILES string of the molecule is COc1ccc(Cc2sc(NC(=O)CN3CCN(c4ccccc4OC)CC3)nc2C(C)(C)C)cc1. The molecule has 4 rings (SSSR count). The quantitative estimate of drug-likeness (QED) is 0.471. The van der Waals surface area contributed by atoms with Gasteiger partial charge in [0.1, 0.15) is 11.5 Å². The van der Waals surface area contributed by atoms with Crippen molar-refractivity contribution in [2.75, 3.05) is 57.2 Å². The molecule has 7 nitrogen and oxygen atoms in total. The van der Waals surface area contributed by atoms with E-state index in [1.54, 1.807) is 25.6 Å². The van der Waals surface area contributed by atoms with Crippen molar-refractivity contribution in [2.24, 2.45) is 0 Å². The normalized spacial score (nSPS) is 14.5. The number of nitrogens with zero attached hydrogens (tertiary/aromatic N) is 3. The molecule has 36 heavy (non-hydrogen) atoms. The molecule has 2 heterocycles. The van der Waals surface area contributed by atoms with Gasteiger partial charge < -0.3 is 19.7 Å². The zero-order valence-corrected chi connectivity index (χ0v) is 22.7. The van der Waals surface area contributed by atoms with E-state index in [0.717, 1.165) is 55.5 Å². The van der Waals surface area contributed by atoms with Gasteiger partial charge in [0.25, 0.3) is 0 Å². The molecule has 1 aliphatic heterocycles. The van der Waals surface area contributed by atoms with Crippen LogP contribution in [0.1, 0.15) is 36.9 Å². The monoisotopic (exact) mass is 508 g/mol. The van der Waals surface area contributed by atoms with Gasteiger partial charge in [-0.1, -0.05) is 45.0 Å². The summed E-state index contributed by atoms with van der Waals surface area (Å²) in [6.07, 6.45) is 0.773. The lowest BCUT2D eigenvalue weighted by Crippen LogP contribution is -2.48. The molecule has 0 spiro atoms. The molecule has 2 aromatic carbocycles. The number of rotatable bonds is 8. The minimum absolute atomic E-state index is 0.0223. The van der Waals surface area contributed by atoms with Crippen LogP contribution in [0.2, 0.25) is 0 Å². The summed E-state index contributed by atoms with van der Waals surface area (Å²) in [5, 5.41) is 3.73. The van der Waals surface area contributed by atoms with Crippen LogP contribution < -0.4 is 19.7 Å². The lowest BCUT2D eigenvalue weighted by atomic mass is 9.90. The molecular weight excluding hydrogens is 472 g/mol. The van der Waals surface area contributed by atoms with E-state index >= 15 is 0 Å². The summed E-state index contributed by atoms with van der Waals surface area (Å²) in [5.41, 5.74) is 3.21. The van der Waals surface area contributed by atoms with E-state index in [1.807, 2.05) is 30.3 Å². The van der Waals surface area contributed by atoms with E-state index in [1.165, 1.54) is 10.4 Å². The number of methoxy groups -OCH3 is 2. The van der Waals surface area contributed by atoms with Crippen molar-refractivity contribution in [3.8, 4) is 11.5 Å². The number of ether oxygens (including phenoxy) is 2. The topological polar surface area (TPSA) is 66.9 Å². The molecule has 3 aromatic rings. The number of nitrogens with one attached hydrogen (secondary N) is 1. The third-order valence-corrected chi connectivity index (χ3v) is 7.31. The average Bonchev–Trinajstić information content (AvgIpc) is 3.27. The lowest BCUT2D eigenvalue weighted by Gasteiger charge is -2.36. The Morgan fingerprint density at radius 1 is 1.00 bits per heavy atom. The fourth-order valence-corrected chi connectivity index (χ4v) is 5.66. The molecule has 0 radical (unpaired) electrons. The summed E-state index contributed by atoms with van der Waals surface area (Å²) in [6, 6.07) is 16.2. The number of para-hydroxylation sites is 2. The molecule has 0 bridgehead atoms. The molecule has 1 saturated heterocycles. The van der Waals surface area contributed by atoms with Gasteiger partial charge in [0, 0.05) is 42.9 Å². The number of hydrogen-bond donors (Lipinski definition) is 1. The Bertz CT molecular complexity index is 1160. The molecule has 0 atom stereocenters. The van der Waals surface area contributed by atoms with Crippen molar-refractivity contribution >= 4 is 28.1 Å². The van der Waals surface area contributed by atoms with Gasteiger partial charge in [-0.05, 0) is 29.8 Å². The van der Waals surface area contributed by atoms with Crippen LogP contribution in [-0.4, -0.2) is 62.7 Å². The van der Waals surface area contributed by atoms with Gasteiger partial charge in [-0.15, -0.1) is 11.3 Å². The van der Waals surface area contributed by atoms with E-state index in [9.17, 15) is 4.79 Å². The van der Waals surface area contributed by atoms with Crippen LogP contribution in [0.4, 0.5) is 10.8 Å². The summed E-state index contributed by atoms with van der Waals surface area (Å²) >= 11 is 1.57. The maximum Gasteiger partial charge on any atom is 0.240 e. The highest BCUT2D eigenvalue weighted by molar-refractivity contribution is 7.15. The van der Waals surface area contributed by atoms with Crippen molar-refractivity contribution in [2.45, 2.75) is 32.6 Å². The Kier molecular flexibility index (Phi) is 8.16. The van der Waals surface area contributed by atoms with Gasteiger partial charge in [-0.2, -0.15) is 0 Å². The van der Waals surface area contributed by atoms with Crippen molar-refractivity contribution in [1.29, 1.82) is 0 Å². The molecule has 1 aliphatic rings. The van der Waals surface area contributed by atoms with Crippen LogP contribution in [0.25, 0.3) is 0 Å². The highest BCUT2D eigenvalue weighted by Crippen LogP contribution is 2.34. The summed E-state index contributed by atoms with van der Waals surface area (Å²) in [4.78, 5) is 23.4. The number of carbonyl (C=O) groups excluding carboxylic acids is 1. The van der Waals surface area contributed by atoms with Gasteiger partial charge in [-0.25, -0.2) is 4.98 Å². The van der Waals surface area contributed by atoms with Crippen LogP contribution in [0.5, 0.6) is 11.5 Å². The van der Waals surface area contributed by atoms with Crippen LogP contribution in [0, 0.1) is 0 Å². The van der Waals surface area contributed by atoms with E-state index in [0.29, 0.717) is 11.7 Å². The first-order chi connectivity index (χ1) is 17.3.